The normalized spacial score (nSPS) is 10.6. The molecule has 5 heteroatoms. The summed E-state index contributed by atoms with van der Waals surface area (Å²) in [5, 5.41) is 0. The third kappa shape index (κ3) is 4.50. The average molecular weight is 265 g/mol. The molecule has 0 unspecified atom stereocenters. The van der Waals surface area contributed by atoms with E-state index in [1.54, 1.807) is 6.92 Å². The SMILES string of the molecule is CCOC(=O)CN(CC)c1nc(C)cc(C(C)C)n1. The van der Waals surface area contributed by atoms with Crippen LogP contribution in [0, 0.1) is 6.92 Å². The van der Waals surface area contributed by atoms with Crippen LogP contribution < -0.4 is 4.90 Å². The predicted octanol–water partition coefficient (Wildman–Crippen LogP) is 2.30. The number of nitrogens with zero attached hydrogens (tertiary/aromatic N) is 3. The highest BCUT2D eigenvalue weighted by Gasteiger charge is 2.15. The molecule has 0 atom stereocenters. The number of carbonyl (C=O) groups is 1. The van der Waals surface area contributed by atoms with Gasteiger partial charge in [0.2, 0.25) is 5.95 Å². The van der Waals surface area contributed by atoms with Crippen LogP contribution in [0.3, 0.4) is 0 Å². The first-order valence-corrected chi connectivity index (χ1v) is 6.74. The van der Waals surface area contributed by atoms with Crippen LogP contribution in [0.15, 0.2) is 6.07 Å². The van der Waals surface area contributed by atoms with E-state index in [-0.39, 0.29) is 12.5 Å². The molecule has 19 heavy (non-hydrogen) atoms. The number of anilines is 1. The lowest BCUT2D eigenvalue weighted by atomic mass is 10.1. The molecule has 5 nitrogen and oxygen atoms in total. The highest BCUT2D eigenvalue weighted by molar-refractivity contribution is 5.74. The van der Waals surface area contributed by atoms with Gasteiger partial charge < -0.3 is 9.64 Å². The molecular weight excluding hydrogens is 242 g/mol. The number of aryl methyl sites for hydroxylation is 1. The van der Waals surface area contributed by atoms with Gasteiger partial charge in [0.25, 0.3) is 0 Å². The summed E-state index contributed by atoms with van der Waals surface area (Å²) >= 11 is 0. The van der Waals surface area contributed by atoms with E-state index in [0.717, 1.165) is 11.4 Å². The molecule has 0 aliphatic carbocycles. The Bertz CT molecular complexity index is 433. The molecule has 0 aliphatic heterocycles. The maximum Gasteiger partial charge on any atom is 0.325 e. The number of ether oxygens (including phenoxy) is 1. The van der Waals surface area contributed by atoms with E-state index in [2.05, 4.69) is 23.8 Å². The largest absolute Gasteiger partial charge is 0.465 e. The van der Waals surface area contributed by atoms with Crippen molar-refractivity contribution in [3.05, 3.63) is 17.5 Å². The lowest BCUT2D eigenvalue weighted by Crippen LogP contribution is -2.32. The van der Waals surface area contributed by atoms with Crippen molar-refractivity contribution in [1.82, 2.24) is 9.97 Å². The van der Waals surface area contributed by atoms with Gasteiger partial charge in [-0.05, 0) is 32.8 Å². The van der Waals surface area contributed by atoms with Crippen LogP contribution in [-0.4, -0.2) is 35.6 Å². The summed E-state index contributed by atoms with van der Waals surface area (Å²) in [5.41, 5.74) is 1.90. The molecular formula is C14H23N3O2. The highest BCUT2D eigenvalue weighted by Crippen LogP contribution is 2.16. The van der Waals surface area contributed by atoms with Crippen molar-refractivity contribution in [2.75, 3.05) is 24.6 Å². The standard InChI is InChI=1S/C14H23N3O2/c1-6-17(9-13(18)19-7-2)14-15-11(5)8-12(16-14)10(3)4/h8,10H,6-7,9H2,1-5H3. The molecule has 1 heterocycles. The van der Waals surface area contributed by atoms with Crippen molar-refractivity contribution in [3.63, 3.8) is 0 Å². The summed E-state index contributed by atoms with van der Waals surface area (Å²) in [6.07, 6.45) is 0. The monoisotopic (exact) mass is 265 g/mol. The van der Waals surface area contributed by atoms with E-state index in [4.69, 9.17) is 4.74 Å². The molecule has 0 saturated heterocycles. The topological polar surface area (TPSA) is 55.3 Å². The van der Waals surface area contributed by atoms with E-state index in [9.17, 15) is 4.79 Å². The van der Waals surface area contributed by atoms with Gasteiger partial charge in [0.15, 0.2) is 0 Å². The zero-order valence-electron chi connectivity index (χ0n) is 12.4. The van der Waals surface area contributed by atoms with Crippen LogP contribution in [0.2, 0.25) is 0 Å². The van der Waals surface area contributed by atoms with Crippen LogP contribution in [0.1, 0.15) is 45.0 Å². The second-order valence-corrected chi connectivity index (χ2v) is 4.71. The second kappa shape index (κ2) is 7.07. The van der Waals surface area contributed by atoms with E-state index < -0.39 is 0 Å². The number of carbonyl (C=O) groups excluding carboxylic acids is 1. The van der Waals surface area contributed by atoms with Crippen molar-refractivity contribution in [1.29, 1.82) is 0 Å². The van der Waals surface area contributed by atoms with Crippen molar-refractivity contribution < 1.29 is 9.53 Å². The fourth-order valence-corrected chi connectivity index (χ4v) is 1.70. The number of hydrogen-bond donors (Lipinski definition) is 0. The zero-order valence-corrected chi connectivity index (χ0v) is 12.4. The molecule has 0 spiro atoms. The first-order valence-electron chi connectivity index (χ1n) is 6.74. The van der Waals surface area contributed by atoms with Crippen LogP contribution in [-0.2, 0) is 9.53 Å². The Labute approximate surface area is 115 Å². The molecule has 0 saturated carbocycles. The Morgan fingerprint density at radius 1 is 1.37 bits per heavy atom. The second-order valence-electron chi connectivity index (χ2n) is 4.71. The Morgan fingerprint density at radius 2 is 2.05 bits per heavy atom. The number of aromatic nitrogens is 2. The van der Waals surface area contributed by atoms with Crippen LogP contribution in [0.25, 0.3) is 0 Å². The lowest BCUT2D eigenvalue weighted by molar-refractivity contribution is -0.141. The van der Waals surface area contributed by atoms with Crippen LogP contribution in [0.4, 0.5) is 5.95 Å². The summed E-state index contributed by atoms with van der Waals surface area (Å²) in [7, 11) is 0. The molecule has 1 rings (SSSR count). The molecule has 1 aromatic rings. The molecule has 106 valence electrons. The van der Waals surface area contributed by atoms with Gasteiger partial charge in [-0.1, -0.05) is 13.8 Å². The summed E-state index contributed by atoms with van der Waals surface area (Å²) in [4.78, 5) is 22.3. The van der Waals surface area contributed by atoms with Gasteiger partial charge in [0.1, 0.15) is 6.54 Å². The van der Waals surface area contributed by atoms with Gasteiger partial charge in [0, 0.05) is 17.9 Å². The van der Waals surface area contributed by atoms with Gasteiger partial charge in [0.05, 0.1) is 6.61 Å². The molecule has 0 amide bonds. The van der Waals surface area contributed by atoms with Crippen LogP contribution in [0.5, 0.6) is 0 Å². The first-order chi connectivity index (χ1) is 8.97. The Morgan fingerprint density at radius 3 is 2.58 bits per heavy atom. The van der Waals surface area contributed by atoms with Crippen molar-refractivity contribution in [3.8, 4) is 0 Å². The van der Waals surface area contributed by atoms with Gasteiger partial charge in [-0.15, -0.1) is 0 Å². The summed E-state index contributed by atoms with van der Waals surface area (Å²) in [6, 6.07) is 1.98. The van der Waals surface area contributed by atoms with Gasteiger partial charge in [-0.3, -0.25) is 4.79 Å². The number of hydrogen-bond acceptors (Lipinski definition) is 5. The van der Waals surface area contributed by atoms with E-state index in [0.29, 0.717) is 25.0 Å². The molecule has 0 fully saturated rings. The number of rotatable bonds is 6. The quantitative estimate of drug-likeness (QED) is 0.739. The number of esters is 1. The summed E-state index contributed by atoms with van der Waals surface area (Å²) in [5.74, 6) is 0.682. The lowest BCUT2D eigenvalue weighted by Gasteiger charge is -2.21. The molecule has 0 N–H and O–H groups in total. The maximum absolute atomic E-state index is 11.6. The Kier molecular flexibility index (Phi) is 5.73. The molecule has 0 aromatic carbocycles. The summed E-state index contributed by atoms with van der Waals surface area (Å²) < 4.78 is 4.97. The van der Waals surface area contributed by atoms with E-state index in [1.165, 1.54) is 0 Å². The van der Waals surface area contributed by atoms with Gasteiger partial charge in [-0.2, -0.15) is 0 Å². The summed E-state index contributed by atoms with van der Waals surface area (Å²) in [6.45, 7) is 11.1. The zero-order chi connectivity index (χ0) is 14.4. The molecule has 1 aromatic heterocycles. The molecule has 0 bridgehead atoms. The highest BCUT2D eigenvalue weighted by atomic mass is 16.5. The Hall–Kier alpha value is -1.65. The first kappa shape index (κ1) is 15.4. The smallest absolute Gasteiger partial charge is 0.325 e. The minimum absolute atomic E-state index is 0.186. The Balaban J connectivity index is 2.94. The minimum atomic E-state index is -0.249. The molecule has 0 radical (unpaired) electrons. The predicted molar refractivity (Wildman–Crippen MR) is 75.4 cm³/mol. The van der Waals surface area contributed by atoms with Crippen molar-refractivity contribution in [2.45, 2.75) is 40.5 Å². The fourth-order valence-electron chi connectivity index (χ4n) is 1.70. The van der Waals surface area contributed by atoms with E-state index in [1.807, 2.05) is 24.8 Å². The fraction of sp³-hybridized carbons (Fsp3) is 0.643. The maximum atomic E-state index is 11.6. The van der Waals surface area contributed by atoms with Crippen molar-refractivity contribution in [2.24, 2.45) is 0 Å². The number of likely N-dealkylation sites (N-methyl/N-ethyl adjacent to an activating group) is 1. The van der Waals surface area contributed by atoms with Crippen LogP contribution >= 0.6 is 0 Å². The van der Waals surface area contributed by atoms with E-state index >= 15 is 0 Å². The van der Waals surface area contributed by atoms with Gasteiger partial charge >= 0.3 is 5.97 Å². The molecule has 0 aliphatic rings. The minimum Gasteiger partial charge on any atom is -0.465 e. The van der Waals surface area contributed by atoms with Crippen molar-refractivity contribution >= 4 is 11.9 Å². The average Bonchev–Trinajstić information content (AvgIpc) is 2.35. The van der Waals surface area contributed by atoms with Gasteiger partial charge in [-0.25, -0.2) is 9.97 Å². The third-order valence-electron chi connectivity index (χ3n) is 2.74. The third-order valence-corrected chi connectivity index (χ3v) is 2.74.